The van der Waals surface area contributed by atoms with Gasteiger partial charge in [-0.15, -0.1) is 0 Å². The third-order valence-electron chi connectivity index (χ3n) is 1.73. The van der Waals surface area contributed by atoms with Gasteiger partial charge >= 0.3 is 50.9 Å². The number of hydrogen-bond acceptors (Lipinski definition) is 0. The minimum absolute atomic E-state index is 0.170. The van der Waals surface area contributed by atoms with Gasteiger partial charge in [-0.2, -0.15) is 71.8 Å². The molecule has 88 valence electrons. The van der Waals surface area contributed by atoms with Crippen molar-refractivity contribution >= 4 is 36.1 Å². The molecule has 0 amide bonds. The summed E-state index contributed by atoms with van der Waals surface area (Å²) >= 11 is 5.06. The second-order valence-corrected chi connectivity index (χ2v) is 22.1. The van der Waals surface area contributed by atoms with Crippen LogP contribution < -0.4 is 0 Å². The van der Waals surface area contributed by atoms with Crippen LogP contribution in [0.15, 0.2) is 48.5 Å². The topological polar surface area (TPSA) is 0 Å². The fraction of sp³-hybridized carbons (Fsp3) is 0.143. The summed E-state index contributed by atoms with van der Waals surface area (Å²) in [4.78, 5) is 0. The van der Waals surface area contributed by atoms with Crippen LogP contribution in [0.25, 0.3) is 0 Å². The van der Waals surface area contributed by atoms with Crippen LogP contribution in [0, 0.1) is 26.0 Å². The molecule has 17 heavy (non-hydrogen) atoms. The molecule has 0 radical (unpaired) electrons. The van der Waals surface area contributed by atoms with Crippen molar-refractivity contribution < 1.29 is 14.9 Å². The summed E-state index contributed by atoms with van der Waals surface area (Å²) in [6.45, 7) is 4.06. The van der Waals surface area contributed by atoms with Crippen molar-refractivity contribution in [2.24, 2.45) is 0 Å². The molecule has 0 aliphatic carbocycles. The fourth-order valence-corrected chi connectivity index (χ4v) is 0.966. The summed E-state index contributed by atoms with van der Waals surface area (Å²) in [7, 11) is 0. The molecule has 0 nitrogen and oxygen atoms in total. The molecular weight excluding hydrogens is 513 g/mol. The number of aryl methyl sites for hydroxylation is 2. The van der Waals surface area contributed by atoms with E-state index in [1.54, 1.807) is 0 Å². The molecule has 2 aromatic carbocycles. The van der Waals surface area contributed by atoms with Gasteiger partial charge in [-0.05, 0) is 0 Å². The second kappa shape index (κ2) is 13.2. The number of benzene rings is 2. The summed E-state index contributed by atoms with van der Waals surface area (Å²) in [6.07, 6.45) is 0. The van der Waals surface area contributed by atoms with Gasteiger partial charge in [-0.25, -0.2) is 0 Å². The number of hydrogen-bond donors (Lipinski definition) is 0. The standard InChI is InChI=1S/2C7H7.2HI.Zr/c2*1-7-5-3-2-4-6-7;;;/h2*2-5H,1H3;2*1H;/q2*-1;;;+4/p-2. The average Bonchev–Trinajstić information content (AvgIpc) is 2.33. The van der Waals surface area contributed by atoms with Gasteiger partial charge < -0.3 is 0 Å². The van der Waals surface area contributed by atoms with Gasteiger partial charge in [0.25, 0.3) is 0 Å². The quantitative estimate of drug-likeness (QED) is 0.320. The Balaban J connectivity index is 0.000000247. The van der Waals surface area contributed by atoms with Crippen LogP contribution in [0.2, 0.25) is 0 Å². The van der Waals surface area contributed by atoms with Crippen molar-refractivity contribution in [3.63, 3.8) is 0 Å². The van der Waals surface area contributed by atoms with E-state index in [0.29, 0.717) is 0 Å². The molecule has 0 spiro atoms. The molecule has 0 fully saturated rings. The summed E-state index contributed by atoms with van der Waals surface area (Å²) < 4.78 is 0. The Bertz CT molecular complexity index is 325. The van der Waals surface area contributed by atoms with Crippen LogP contribution >= 0.6 is 36.1 Å². The molecule has 0 heterocycles. The Morgan fingerprint density at radius 2 is 1.18 bits per heavy atom. The third-order valence-corrected chi connectivity index (χ3v) is 1.73. The Labute approximate surface area is 135 Å². The zero-order valence-corrected chi connectivity index (χ0v) is 16.6. The van der Waals surface area contributed by atoms with Gasteiger partial charge in [0.05, 0.1) is 0 Å². The molecule has 0 saturated carbocycles. The molecule has 3 heteroatoms. The molecule has 0 atom stereocenters. The van der Waals surface area contributed by atoms with E-state index in [9.17, 15) is 0 Å². The van der Waals surface area contributed by atoms with Gasteiger partial charge in [0, 0.05) is 0 Å². The van der Waals surface area contributed by atoms with E-state index in [-0.39, 0.29) is 14.9 Å². The maximum atomic E-state index is 3.03. The van der Waals surface area contributed by atoms with Crippen LogP contribution in [-0.2, 0) is 14.9 Å². The molecule has 2 aromatic rings. The molecule has 0 aliphatic heterocycles. The summed E-state index contributed by atoms with van der Waals surface area (Å²) in [5.41, 5.74) is 2.39. The first-order valence-corrected chi connectivity index (χ1v) is 19.7. The summed E-state index contributed by atoms with van der Waals surface area (Å²) in [5.74, 6) is 0. The molecule has 0 aromatic heterocycles. The Kier molecular flexibility index (Phi) is 13.8. The van der Waals surface area contributed by atoms with Crippen molar-refractivity contribution in [2.75, 3.05) is 0 Å². The van der Waals surface area contributed by atoms with Crippen molar-refractivity contribution in [3.8, 4) is 0 Å². The van der Waals surface area contributed by atoms with Gasteiger partial charge in [0.1, 0.15) is 0 Å². The first kappa shape index (κ1) is 17.8. The monoisotopic (exact) mass is 526 g/mol. The van der Waals surface area contributed by atoms with Crippen LogP contribution in [0.5, 0.6) is 0 Å². The van der Waals surface area contributed by atoms with E-state index in [2.05, 4.69) is 48.2 Å². The predicted molar refractivity (Wildman–Crippen MR) is 88.1 cm³/mol. The SMILES string of the molecule is Cc1[c-]cccc1.Cc1[c-]cccc1.[I][Zr+2][I]. The van der Waals surface area contributed by atoms with Crippen LogP contribution in [0.1, 0.15) is 11.1 Å². The summed E-state index contributed by atoms with van der Waals surface area (Å²) in [6, 6.07) is 21.9. The zero-order valence-electron chi connectivity index (χ0n) is 9.87. The van der Waals surface area contributed by atoms with E-state index in [4.69, 9.17) is 0 Å². The molecule has 0 unspecified atom stereocenters. The van der Waals surface area contributed by atoms with E-state index >= 15 is 0 Å². The first-order valence-electron chi connectivity index (χ1n) is 5.03. The predicted octanol–water partition coefficient (Wildman–Crippen LogP) is 5.36. The molecule has 0 saturated heterocycles. The van der Waals surface area contributed by atoms with Crippen LogP contribution in [-0.4, -0.2) is 0 Å². The van der Waals surface area contributed by atoms with Gasteiger partial charge in [0.15, 0.2) is 0 Å². The molecular formula is C14H14I2Zr. The van der Waals surface area contributed by atoms with Gasteiger partial charge in [-0.3, -0.25) is 0 Å². The minimum atomic E-state index is 0.170. The van der Waals surface area contributed by atoms with Crippen molar-refractivity contribution in [1.82, 2.24) is 0 Å². The van der Waals surface area contributed by atoms with E-state index in [1.165, 1.54) is 11.1 Å². The van der Waals surface area contributed by atoms with E-state index in [1.807, 2.05) is 62.4 Å². The molecule has 2 rings (SSSR count). The van der Waals surface area contributed by atoms with E-state index < -0.39 is 0 Å². The van der Waals surface area contributed by atoms with Crippen molar-refractivity contribution in [1.29, 1.82) is 0 Å². The number of halogens is 2. The molecule has 0 aliphatic rings. The summed E-state index contributed by atoms with van der Waals surface area (Å²) in [5, 5.41) is 0. The van der Waals surface area contributed by atoms with Gasteiger partial charge in [-0.1, -0.05) is 13.8 Å². The van der Waals surface area contributed by atoms with Crippen LogP contribution in [0.3, 0.4) is 0 Å². The van der Waals surface area contributed by atoms with Crippen molar-refractivity contribution in [3.05, 3.63) is 71.8 Å². The Morgan fingerprint density at radius 3 is 1.29 bits per heavy atom. The Morgan fingerprint density at radius 1 is 0.824 bits per heavy atom. The van der Waals surface area contributed by atoms with E-state index in [0.717, 1.165) is 0 Å². The normalized spacial score (nSPS) is 7.76. The molecule has 0 bridgehead atoms. The maximum absolute atomic E-state index is 3.03. The third kappa shape index (κ3) is 13.0. The van der Waals surface area contributed by atoms with Gasteiger partial charge in [0.2, 0.25) is 0 Å². The average molecular weight is 527 g/mol. The zero-order chi connectivity index (χ0) is 12.9. The second-order valence-electron chi connectivity index (χ2n) is 3.16. The van der Waals surface area contributed by atoms with Crippen LogP contribution in [0.4, 0.5) is 0 Å². The fourth-order valence-electron chi connectivity index (χ4n) is 0.966. The first-order chi connectivity index (χ1) is 8.20. The number of rotatable bonds is 0. The molecule has 0 N–H and O–H groups in total. The Hall–Kier alpha value is 0.783. The van der Waals surface area contributed by atoms with Crippen molar-refractivity contribution in [2.45, 2.75) is 13.8 Å².